The molecule has 0 fully saturated rings. The minimum absolute atomic E-state index is 0.657. The highest BCUT2D eigenvalue weighted by molar-refractivity contribution is 7.25. The van der Waals surface area contributed by atoms with Gasteiger partial charge in [-0.05, 0) is 46.5 Å². The van der Waals surface area contributed by atoms with Crippen LogP contribution in [-0.4, -0.2) is 0 Å². The first-order chi connectivity index (χ1) is 16.2. The molecule has 0 spiro atoms. The van der Waals surface area contributed by atoms with Gasteiger partial charge in [0, 0.05) is 20.2 Å². The van der Waals surface area contributed by atoms with Crippen molar-refractivity contribution >= 4 is 61.5 Å². The molecule has 0 unspecified atom stereocenters. The lowest BCUT2D eigenvalue weighted by Gasteiger charge is -1.98. The van der Waals surface area contributed by atoms with Gasteiger partial charge in [0.25, 0.3) is 0 Å². The molecule has 0 N–H and O–H groups in total. The summed E-state index contributed by atoms with van der Waals surface area (Å²) in [4.78, 5) is 3.44. The number of nitriles is 1. The lowest BCUT2D eigenvalue weighted by Crippen LogP contribution is -1.76. The summed E-state index contributed by atoms with van der Waals surface area (Å²) >= 11 is 1.81. The highest BCUT2D eigenvalue weighted by Crippen LogP contribution is 2.35. The maximum atomic E-state index is 8.93. The largest absolute Gasteiger partial charge is 0.238 e. The van der Waals surface area contributed by atoms with Crippen molar-refractivity contribution in [3.63, 3.8) is 0 Å². The Balaban J connectivity index is 1.40. The summed E-state index contributed by atoms with van der Waals surface area (Å²) in [6.07, 6.45) is 8.37. The Morgan fingerprint density at radius 2 is 1.09 bits per heavy atom. The second-order valence-corrected chi connectivity index (χ2v) is 8.80. The number of rotatable bonds is 4. The Morgan fingerprint density at radius 1 is 0.636 bits per heavy atom. The second kappa shape index (κ2) is 8.97. The van der Waals surface area contributed by atoms with Crippen LogP contribution >= 0.6 is 11.3 Å². The molecule has 5 aromatic rings. The summed E-state index contributed by atoms with van der Waals surface area (Å²) in [6.45, 7) is 7.06. The molecule has 0 bridgehead atoms. The quantitative estimate of drug-likeness (QED) is 0.203. The van der Waals surface area contributed by atoms with E-state index >= 15 is 0 Å². The monoisotopic (exact) mass is 438 g/mol. The molecule has 0 aliphatic rings. The molecule has 154 valence electrons. The van der Waals surface area contributed by atoms with E-state index in [1.54, 1.807) is 11.3 Å². The van der Waals surface area contributed by atoms with E-state index in [0.717, 1.165) is 22.3 Å². The molecule has 1 aromatic heterocycles. The molecule has 0 aliphatic heterocycles. The van der Waals surface area contributed by atoms with E-state index in [9.17, 15) is 0 Å². The molecule has 0 saturated carbocycles. The summed E-state index contributed by atoms with van der Waals surface area (Å²) in [6, 6.07) is 30.5. The van der Waals surface area contributed by atoms with Crippen LogP contribution in [0.3, 0.4) is 0 Å². The first kappa shape index (κ1) is 20.5. The summed E-state index contributed by atoms with van der Waals surface area (Å²) in [5.74, 6) is 0. The number of nitrogens with zero attached hydrogens (tertiary/aromatic N) is 2. The molecule has 0 aliphatic carbocycles. The Hall–Kier alpha value is -4.44. The van der Waals surface area contributed by atoms with Crippen molar-refractivity contribution in [3.05, 3.63) is 124 Å². The molecule has 0 radical (unpaired) electrons. The number of hydrogen-bond acceptors (Lipinski definition) is 2. The fourth-order valence-corrected chi connectivity index (χ4v) is 4.93. The smallest absolute Gasteiger partial charge is 0.187 e. The maximum absolute atomic E-state index is 8.93. The van der Waals surface area contributed by atoms with Crippen LogP contribution in [0.5, 0.6) is 0 Å². The summed E-state index contributed by atoms with van der Waals surface area (Å²) < 4.78 is 2.53. The van der Waals surface area contributed by atoms with Crippen molar-refractivity contribution in [1.82, 2.24) is 0 Å². The van der Waals surface area contributed by atoms with E-state index in [0.29, 0.717) is 11.3 Å². The average molecular weight is 439 g/mol. The van der Waals surface area contributed by atoms with E-state index < -0.39 is 0 Å². The zero-order chi connectivity index (χ0) is 22.6. The molecule has 0 saturated heterocycles. The number of benzene rings is 4. The van der Waals surface area contributed by atoms with Gasteiger partial charge in [-0.25, -0.2) is 4.85 Å². The first-order valence-electron chi connectivity index (χ1n) is 10.5. The fourth-order valence-electron chi connectivity index (χ4n) is 3.73. The van der Waals surface area contributed by atoms with Crippen molar-refractivity contribution in [3.8, 4) is 6.07 Å². The van der Waals surface area contributed by atoms with Gasteiger partial charge in [-0.15, -0.1) is 11.3 Å². The molecule has 0 atom stereocenters. The van der Waals surface area contributed by atoms with Gasteiger partial charge < -0.3 is 0 Å². The van der Waals surface area contributed by atoms with Crippen molar-refractivity contribution in [2.24, 2.45) is 0 Å². The molecule has 3 heteroatoms. The summed E-state index contributed by atoms with van der Waals surface area (Å²) in [5, 5.41) is 11.5. The van der Waals surface area contributed by atoms with Crippen LogP contribution in [-0.2, 0) is 0 Å². The molecule has 0 amide bonds. The maximum Gasteiger partial charge on any atom is 0.187 e. The fraction of sp³-hybridized carbons (Fsp3) is 0. The zero-order valence-corrected chi connectivity index (χ0v) is 18.5. The molecule has 4 aromatic carbocycles. The lowest BCUT2D eigenvalue weighted by molar-refractivity contribution is 1.48. The number of fused-ring (bicyclic) bond motifs is 3. The van der Waals surface area contributed by atoms with Crippen LogP contribution in [0.25, 0.3) is 49.3 Å². The van der Waals surface area contributed by atoms with Gasteiger partial charge in [-0.1, -0.05) is 85.0 Å². The lowest BCUT2D eigenvalue weighted by atomic mass is 10.1. The van der Waals surface area contributed by atoms with E-state index in [2.05, 4.69) is 71.6 Å². The minimum Gasteiger partial charge on any atom is -0.238 e. The SMILES string of the molecule is [C-]#[N+]c1ccc(C=Cc2ccc3c(c2)sc2cc(C=Cc4ccc(C#N)cc4)ccc23)cc1. The van der Waals surface area contributed by atoms with E-state index in [1.807, 2.05) is 48.5 Å². The van der Waals surface area contributed by atoms with Gasteiger partial charge in [-0.2, -0.15) is 5.26 Å². The third-order valence-corrected chi connectivity index (χ3v) is 6.64. The Bertz CT molecular complexity index is 1480. The molecular weight excluding hydrogens is 420 g/mol. The normalized spacial score (nSPS) is 11.3. The van der Waals surface area contributed by atoms with Crippen LogP contribution in [0.2, 0.25) is 0 Å². The standard InChI is InChI=1S/C30H18N2S/c1-32-26-14-10-22(11-15-26)3-7-24-13-17-28-27-16-12-23(18-29(27)33-30(28)19-24)6-2-21-4-8-25(20-31)9-5-21/h2-19H. The Morgan fingerprint density at radius 3 is 1.58 bits per heavy atom. The van der Waals surface area contributed by atoms with Crippen molar-refractivity contribution in [2.45, 2.75) is 0 Å². The van der Waals surface area contributed by atoms with Crippen molar-refractivity contribution in [1.29, 1.82) is 5.26 Å². The Labute approximate surface area is 196 Å². The second-order valence-electron chi connectivity index (χ2n) is 7.72. The highest BCUT2D eigenvalue weighted by Gasteiger charge is 2.06. The molecule has 1 heterocycles. The van der Waals surface area contributed by atoms with Crippen LogP contribution in [0, 0.1) is 17.9 Å². The number of hydrogen-bond donors (Lipinski definition) is 0. The van der Waals surface area contributed by atoms with Gasteiger partial charge in [0.15, 0.2) is 5.69 Å². The third-order valence-electron chi connectivity index (χ3n) is 5.52. The van der Waals surface area contributed by atoms with Gasteiger partial charge >= 0.3 is 0 Å². The Kier molecular flexibility index (Phi) is 5.56. The van der Waals surface area contributed by atoms with Crippen molar-refractivity contribution in [2.75, 3.05) is 0 Å². The van der Waals surface area contributed by atoms with Crippen LogP contribution in [0.15, 0.2) is 84.9 Å². The average Bonchev–Trinajstić information content (AvgIpc) is 3.23. The van der Waals surface area contributed by atoms with Crippen LogP contribution in [0.4, 0.5) is 5.69 Å². The van der Waals surface area contributed by atoms with Gasteiger partial charge in [0.1, 0.15) is 0 Å². The van der Waals surface area contributed by atoms with Crippen molar-refractivity contribution < 1.29 is 0 Å². The van der Waals surface area contributed by atoms with Gasteiger partial charge in [0.2, 0.25) is 0 Å². The van der Waals surface area contributed by atoms with E-state index in [-0.39, 0.29) is 0 Å². The molecular formula is C30H18N2S. The first-order valence-corrected chi connectivity index (χ1v) is 11.3. The molecule has 2 nitrogen and oxygen atoms in total. The third kappa shape index (κ3) is 4.46. The van der Waals surface area contributed by atoms with Gasteiger partial charge in [-0.3, -0.25) is 0 Å². The topological polar surface area (TPSA) is 28.1 Å². The summed E-state index contributed by atoms with van der Waals surface area (Å²) in [5.41, 5.74) is 5.80. The predicted octanol–water partition coefficient (Wildman–Crippen LogP) is 8.82. The highest BCUT2D eigenvalue weighted by atomic mass is 32.1. The van der Waals surface area contributed by atoms with E-state index in [4.69, 9.17) is 11.8 Å². The molecule has 33 heavy (non-hydrogen) atoms. The van der Waals surface area contributed by atoms with E-state index in [1.165, 1.54) is 20.2 Å². The molecule has 5 rings (SSSR count). The summed E-state index contributed by atoms with van der Waals surface area (Å²) in [7, 11) is 0. The van der Waals surface area contributed by atoms with Crippen LogP contribution in [0.1, 0.15) is 27.8 Å². The predicted molar refractivity (Wildman–Crippen MR) is 141 cm³/mol. The zero-order valence-electron chi connectivity index (χ0n) is 17.7. The minimum atomic E-state index is 0.657. The van der Waals surface area contributed by atoms with Crippen LogP contribution < -0.4 is 0 Å². The van der Waals surface area contributed by atoms with Gasteiger partial charge in [0.05, 0.1) is 18.2 Å². The number of thiophene rings is 1.